The third kappa shape index (κ3) is 4.68. The Kier molecular flexibility index (Phi) is 7.32. The lowest BCUT2D eigenvalue weighted by Gasteiger charge is -2.16. The Hall–Kier alpha value is -2.79. The number of aromatic nitrogens is 3. The van der Waals surface area contributed by atoms with E-state index in [0.717, 1.165) is 21.3 Å². The topological polar surface area (TPSA) is 96.8 Å². The summed E-state index contributed by atoms with van der Waals surface area (Å²) in [6.07, 6.45) is -0.556. The average molecular weight is 459 g/mol. The molecular formula is C18H20ClFN4O5S. The second-order valence-corrected chi connectivity index (χ2v) is 7.16. The molecule has 0 saturated heterocycles. The fourth-order valence-corrected chi connectivity index (χ4v) is 2.61. The van der Waals surface area contributed by atoms with E-state index in [0.29, 0.717) is 16.7 Å². The van der Waals surface area contributed by atoms with Crippen LogP contribution in [-0.4, -0.2) is 31.5 Å². The molecule has 2 rings (SSSR count). The maximum atomic E-state index is 14.6. The van der Waals surface area contributed by atoms with Gasteiger partial charge in [-0.15, -0.1) is 0 Å². The van der Waals surface area contributed by atoms with Crippen LogP contribution in [0.3, 0.4) is 0 Å². The minimum absolute atomic E-state index is 0.0357. The lowest BCUT2D eigenvalue weighted by atomic mass is 10.2. The molecule has 30 heavy (non-hydrogen) atoms. The maximum Gasteiger partial charge on any atom is 0.374 e. The first-order valence-electron chi connectivity index (χ1n) is 8.79. The third-order valence-corrected chi connectivity index (χ3v) is 5.05. The van der Waals surface area contributed by atoms with Gasteiger partial charge in [-0.2, -0.15) is 0 Å². The number of halogens is 2. The summed E-state index contributed by atoms with van der Waals surface area (Å²) in [7, 11) is 2.70. The van der Waals surface area contributed by atoms with Gasteiger partial charge in [0, 0.05) is 20.2 Å². The highest BCUT2D eigenvalue weighted by Gasteiger charge is 2.22. The van der Waals surface area contributed by atoms with Crippen LogP contribution in [0.5, 0.6) is 5.75 Å². The first-order chi connectivity index (χ1) is 14.0. The highest BCUT2D eigenvalue weighted by molar-refractivity contribution is 7.71. The Labute approximate surface area is 180 Å². The van der Waals surface area contributed by atoms with Crippen LogP contribution in [-0.2, 0) is 23.7 Å². The smallest absolute Gasteiger partial charge is 0.374 e. The van der Waals surface area contributed by atoms with Crippen molar-refractivity contribution in [2.45, 2.75) is 33.3 Å². The van der Waals surface area contributed by atoms with E-state index in [1.54, 1.807) is 6.92 Å². The van der Waals surface area contributed by atoms with E-state index in [2.05, 4.69) is 5.16 Å². The zero-order valence-corrected chi connectivity index (χ0v) is 18.5. The summed E-state index contributed by atoms with van der Waals surface area (Å²) in [6.45, 7) is 4.92. The molecule has 1 aromatic heterocycles. The molecule has 1 heterocycles. The molecule has 0 aliphatic carbocycles. The molecule has 9 nitrogen and oxygen atoms in total. The van der Waals surface area contributed by atoms with E-state index < -0.39 is 35.0 Å². The Bertz CT molecular complexity index is 1160. The molecular weight excluding hydrogens is 439 g/mol. The minimum Gasteiger partial charge on any atom is -0.477 e. The normalized spacial score (nSPS) is 12.6. The Morgan fingerprint density at radius 2 is 1.83 bits per heavy atom. The quantitative estimate of drug-likeness (QED) is 0.285. The van der Waals surface area contributed by atoms with E-state index in [-0.39, 0.29) is 15.5 Å². The maximum absolute atomic E-state index is 14.6. The van der Waals surface area contributed by atoms with Crippen molar-refractivity contribution in [3.8, 4) is 11.4 Å². The summed E-state index contributed by atoms with van der Waals surface area (Å²) < 4.78 is 22.6. The number of oxime groups is 1. The minimum atomic E-state index is -1.15. The van der Waals surface area contributed by atoms with E-state index in [4.69, 9.17) is 33.4 Å². The van der Waals surface area contributed by atoms with Gasteiger partial charge in [-0.25, -0.2) is 23.3 Å². The molecule has 1 atom stereocenters. The Balaban J connectivity index is 2.51. The van der Waals surface area contributed by atoms with Crippen molar-refractivity contribution in [3.63, 3.8) is 0 Å². The molecule has 0 aliphatic heterocycles. The molecule has 0 spiro atoms. The van der Waals surface area contributed by atoms with Gasteiger partial charge in [-0.1, -0.05) is 23.7 Å². The molecule has 0 amide bonds. The predicted molar refractivity (Wildman–Crippen MR) is 112 cm³/mol. The third-order valence-electron chi connectivity index (χ3n) is 4.21. The number of ether oxygens (including phenoxy) is 1. The number of nitrogens with zero attached hydrogens (tertiary/aromatic N) is 4. The van der Waals surface area contributed by atoms with Crippen LogP contribution in [0.15, 0.2) is 26.9 Å². The van der Waals surface area contributed by atoms with Crippen molar-refractivity contribution < 1.29 is 18.8 Å². The van der Waals surface area contributed by atoms with Crippen LogP contribution in [0.4, 0.5) is 4.39 Å². The van der Waals surface area contributed by atoms with Crippen LogP contribution < -0.4 is 16.1 Å². The Morgan fingerprint density at radius 1 is 1.27 bits per heavy atom. The van der Waals surface area contributed by atoms with Gasteiger partial charge in [0.2, 0.25) is 0 Å². The summed E-state index contributed by atoms with van der Waals surface area (Å²) in [4.78, 5) is 41.9. The highest BCUT2D eigenvalue weighted by Crippen LogP contribution is 2.30. The summed E-state index contributed by atoms with van der Waals surface area (Å²) >= 11 is 11.0. The SMILES string of the molecule is CC/C(C)=N/OC(=O)C(C)Oc1cc(-n2c(=O)n(C)c(=S)n(C)c2=O)c(F)cc1Cl. The van der Waals surface area contributed by atoms with Crippen molar-refractivity contribution in [2.24, 2.45) is 19.3 Å². The number of carbonyl (C=O) groups is 1. The monoisotopic (exact) mass is 458 g/mol. The number of rotatable bonds is 6. The molecule has 2 aromatic rings. The lowest BCUT2D eigenvalue weighted by molar-refractivity contribution is -0.151. The number of hydrogen-bond donors (Lipinski definition) is 0. The van der Waals surface area contributed by atoms with Crippen LogP contribution in [0.25, 0.3) is 5.69 Å². The first-order valence-corrected chi connectivity index (χ1v) is 9.57. The number of benzene rings is 1. The summed E-state index contributed by atoms with van der Waals surface area (Å²) in [6, 6.07) is 1.92. The van der Waals surface area contributed by atoms with E-state index in [1.807, 2.05) is 6.92 Å². The van der Waals surface area contributed by atoms with E-state index in [9.17, 15) is 18.8 Å². The van der Waals surface area contributed by atoms with Gasteiger partial charge in [-0.05, 0) is 38.6 Å². The molecule has 162 valence electrons. The zero-order chi connectivity index (χ0) is 22.7. The summed E-state index contributed by atoms with van der Waals surface area (Å²) in [5.74, 6) is -1.88. The molecule has 0 N–H and O–H groups in total. The summed E-state index contributed by atoms with van der Waals surface area (Å²) in [5, 5.41) is 3.48. The molecule has 0 saturated carbocycles. The van der Waals surface area contributed by atoms with Crippen molar-refractivity contribution in [2.75, 3.05) is 0 Å². The van der Waals surface area contributed by atoms with Crippen molar-refractivity contribution in [1.82, 2.24) is 13.7 Å². The average Bonchev–Trinajstić information content (AvgIpc) is 2.71. The highest BCUT2D eigenvalue weighted by atomic mass is 35.5. The van der Waals surface area contributed by atoms with Crippen LogP contribution in [0, 0.1) is 10.6 Å². The lowest BCUT2D eigenvalue weighted by Crippen LogP contribution is -2.43. The fraction of sp³-hybridized carbons (Fsp3) is 0.389. The van der Waals surface area contributed by atoms with Crippen molar-refractivity contribution in [1.29, 1.82) is 0 Å². The van der Waals surface area contributed by atoms with Crippen LogP contribution in [0.2, 0.25) is 5.02 Å². The van der Waals surface area contributed by atoms with Crippen molar-refractivity contribution >= 4 is 35.5 Å². The van der Waals surface area contributed by atoms with Gasteiger partial charge in [0.1, 0.15) is 11.6 Å². The Morgan fingerprint density at radius 3 is 2.37 bits per heavy atom. The zero-order valence-electron chi connectivity index (χ0n) is 16.9. The largest absolute Gasteiger partial charge is 0.477 e. The van der Waals surface area contributed by atoms with Crippen molar-refractivity contribution in [3.05, 3.63) is 48.7 Å². The van der Waals surface area contributed by atoms with Crippen LogP contribution in [0.1, 0.15) is 27.2 Å². The summed E-state index contributed by atoms with van der Waals surface area (Å²) in [5.41, 5.74) is -1.52. The second kappa shape index (κ2) is 9.35. The fourth-order valence-electron chi connectivity index (χ4n) is 2.26. The molecule has 0 bridgehead atoms. The molecule has 1 aromatic carbocycles. The molecule has 0 fully saturated rings. The van der Waals surface area contributed by atoms with Gasteiger partial charge in [-0.3, -0.25) is 9.13 Å². The number of carbonyl (C=O) groups excluding carboxylic acids is 1. The van der Waals surface area contributed by atoms with E-state index >= 15 is 0 Å². The molecule has 0 aliphatic rings. The first kappa shape index (κ1) is 23.5. The molecule has 12 heteroatoms. The van der Waals surface area contributed by atoms with Crippen LogP contribution >= 0.6 is 23.8 Å². The molecule has 0 radical (unpaired) electrons. The molecule has 1 unspecified atom stereocenters. The van der Waals surface area contributed by atoms with Gasteiger partial charge < -0.3 is 9.57 Å². The van der Waals surface area contributed by atoms with Gasteiger partial charge in [0.15, 0.2) is 10.9 Å². The predicted octanol–water partition coefficient (Wildman–Crippen LogP) is 2.49. The van der Waals surface area contributed by atoms with Gasteiger partial charge in [0.05, 0.1) is 16.4 Å². The number of hydrogen-bond acceptors (Lipinski definition) is 7. The van der Waals surface area contributed by atoms with E-state index in [1.165, 1.54) is 21.0 Å². The van der Waals surface area contributed by atoms with Gasteiger partial charge in [0.25, 0.3) is 0 Å². The van der Waals surface area contributed by atoms with Gasteiger partial charge >= 0.3 is 17.3 Å². The second-order valence-electron chi connectivity index (χ2n) is 6.39. The standard InChI is InChI=1S/C18H20ClFN4O5S/c1-6-9(2)21-29-15(25)10(3)28-14-8-13(12(20)7-11(14)19)24-16(26)22(4)18(30)23(5)17(24)27/h7-8,10H,6H2,1-5H3/b21-9+.